The van der Waals surface area contributed by atoms with Crippen molar-refractivity contribution in [2.24, 2.45) is 11.7 Å². The molecule has 3 aromatic rings. The van der Waals surface area contributed by atoms with Gasteiger partial charge in [-0.3, -0.25) is 4.79 Å². The van der Waals surface area contributed by atoms with Crippen molar-refractivity contribution in [3.63, 3.8) is 0 Å². The van der Waals surface area contributed by atoms with Crippen LogP contribution in [0, 0.1) is 17.2 Å². The second-order valence-electron chi connectivity index (χ2n) is 11.7. The average molecular weight is 603 g/mol. The molecule has 8 nitrogen and oxygen atoms in total. The van der Waals surface area contributed by atoms with Crippen LogP contribution in [0.1, 0.15) is 63.1 Å². The van der Waals surface area contributed by atoms with Gasteiger partial charge in [-0.15, -0.1) is 0 Å². The lowest BCUT2D eigenvalue weighted by Crippen LogP contribution is -2.62. The largest absolute Gasteiger partial charge is 0.387 e. The fourth-order valence-electron chi connectivity index (χ4n) is 6.70. The number of hydrogen-bond acceptors (Lipinski definition) is 6. The summed E-state index contributed by atoms with van der Waals surface area (Å²) in [4.78, 5) is 27.4. The zero-order valence-corrected chi connectivity index (χ0v) is 25.5. The first-order chi connectivity index (χ1) is 20.5. The molecule has 0 aromatic heterocycles. The highest BCUT2D eigenvalue weighted by molar-refractivity contribution is 7.93. The van der Waals surface area contributed by atoms with Gasteiger partial charge in [0.1, 0.15) is 18.7 Å². The van der Waals surface area contributed by atoms with Gasteiger partial charge in [-0.05, 0) is 30.9 Å². The quantitative estimate of drug-likeness (QED) is 0.228. The summed E-state index contributed by atoms with van der Waals surface area (Å²) >= 11 is 0. The molecule has 43 heavy (non-hydrogen) atoms. The van der Waals surface area contributed by atoms with Crippen LogP contribution in [0.25, 0.3) is 0 Å². The number of sulfone groups is 1. The highest BCUT2D eigenvalue weighted by Crippen LogP contribution is 2.44. The Morgan fingerprint density at radius 2 is 1.47 bits per heavy atom. The Labute approximate surface area is 254 Å². The number of aliphatic hydroxyl groups excluding tert-OH is 1. The number of nitriles is 1. The molecule has 1 saturated heterocycles. The minimum atomic E-state index is -4.00. The first-order valence-corrected chi connectivity index (χ1v) is 16.2. The summed E-state index contributed by atoms with van der Waals surface area (Å²) in [6, 6.07) is 27.5. The van der Waals surface area contributed by atoms with E-state index in [0.29, 0.717) is 12.8 Å². The van der Waals surface area contributed by atoms with Crippen molar-refractivity contribution in [1.82, 2.24) is 0 Å². The third-order valence-electron chi connectivity index (χ3n) is 8.89. The first kappa shape index (κ1) is 32.1. The maximum Gasteiger partial charge on any atom is 0.315 e. The van der Waals surface area contributed by atoms with Crippen LogP contribution in [0.5, 0.6) is 0 Å². The van der Waals surface area contributed by atoms with Gasteiger partial charge in [0.2, 0.25) is 0 Å². The van der Waals surface area contributed by atoms with E-state index in [0.717, 1.165) is 11.1 Å². The number of nitrogens with zero attached hydrogens (tertiary/aromatic N) is 2. The standard InChI is InChI=1S/C34H39N3O5S/c1-25(2)34(24-35,43(41,42)29-18-10-5-11-19-29)21-13-12-20-31(39)37(23-28(38)22-30(37)33(36)40)32(26-14-6-3-7-15-26)27-16-8-4-9-17-27/h3-11,14-19,25,28,30,32,38H,12-13,20-23H2,1-2H3,(H-,36,40)/p+1/t28-,30?,34?,37+/m0/s1. The van der Waals surface area contributed by atoms with Crippen molar-refractivity contribution in [3.05, 3.63) is 102 Å². The van der Waals surface area contributed by atoms with E-state index in [4.69, 9.17) is 5.73 Å². The van der Waals surface area contributed by atoms with Gasteiger partial charge in [-0.1, -0.05) is 99.1 Å². The molecular formula is C34H40N3O5S+. The van der Waals surface area contributed by atoms with E-state index in [-0.39, 0.29) is 41.1 Å². The summed E-state index contributed by atoms with van der Waals surface area (Å²) in [6.07, 6.45) is -0.158. The molecule has 0 bridgehead atoms. The van der Waals surface area contributed by atoms with Crippen LogP contribution in [-0.4, -0.2) is 53.3 Å². The van der Waals surface area contributed by atoms with E-state index < -0.39 is 44.6 Å². The van der Waals surface area contributed by atoms with E-state index in [1.807, 2.05) is 60.7 Å². The molecule has 9 heteroatoms. The number of quaternary nitrogens is 1. The number of benzene rings is 3. The van der Waals surface area contributed by atoms with Crippen molar-refractivity contribution < 1.29 is 27.6 Å². The number of nitrogens with two attached hydrogens (primary N) is 1. The van der Waals surface area contributed by atoms with Crippen LogP contribution in [0.4, 0.5) is 0 Å². The Hall–Kier alpha value is -3.84. The van der Waals surface area contributed by atoms with Crippen molar-refractivity contribution in [2.75, 3.05) is 6.54 Å². The molecule has 1 fully saturated rings. The Kier molecular flexibility index (Phi) is 9.86. The number of carbonyl (C=O) groups is 2. The molecule has 2 amide bonds. The lowest BCUT2D eigenvalue weighted by atomic mass is 9.89. The number of unbranched alkanes of at least 4 members (excludes halogenated alkanes) is 1. The average Bonchev–Trinajstić information content (AvgIpc) is 3.36. The molecule has 1 aliphatic heterocycles. The maximum atomic E-state index is 14.4. The first-order valence-electron chi connectivity index (χ1n) is 14.7. The van der Waals surface area contributed by atoms with Crippen LogP contribution >= 0.6 is 0 Å². The Bertz CT molecular complexity index is 1520. The Balaban J connectivity index is 1.67. The predicted octanol–water partition coefficient (Wildman–Crippen LogP) is 4.69. The predicted molar refractivity (Wildman–Crippen MR) is 164 cm³/mol. The molecule has 1 heterocycles. The monoisotopic (exact) mass is 602 g/mol. The maximum absolute atomic E-state index is 14.4. The van der Waals surface area contributed by atoms with Gasteiger partial charge >= 0.3 is 5.91 Å². The van der Waals surface area contributed by atoms with E-state index in [9.17, 15) is 28.4 Å². The Morgan fingerprint density at radius 3 is 1.93 bits per heavy atom. The molecule has 0 aliphatic carbocycles. The number of likely N-dealkylation sites (tertiary alicyclic amines) is 1. The smallest absolute Gasteiger partial charge is 0.315 e. The summed E-state index contributed by atoms with van der Waals surface area (Å²) < 4.78 is 25.4. The highest BCUT2D eigenvalue weighted by atomic mass is 32.2. The lowest BCUT2D eigenvalue weighted by Gasteiger charge is -2.43. The molecule has 226 valence electrons. The number of aliphatic hydroxyl groups is 1. The van der Waals surface area contributed by atoms with Crippen molar-refractivity contribution in [2.45, 2.75) is 73.8 Å². The van der Waals surface area contributed by atoms with Gasteiger partial charge in [-0.2, -0.15) is 5.26 Å². The molecule has 1 aliphatic rings. The summed E-state index contributed by atoms with van der Waals surface area (Å²) in [5, 5.41) is 21.1. The van der Waals surface area contributed by atoms with Gasteiger partial charge in [0.15, 0.2) is 20.6 Å². The molecule has 0 spiro atoms. The van der Waals surface area contributed by atoms with Crippen LogP contribution in [0.2, 0.25) is 0 Å². The molecule has 0 saturated carbocycles. The normalized spacial score (nSPS) is 21.8. The number of primary amides is 1. The summed E-state index contributed by atoms with van der Waals surface area (Å²) in [5.74, 6) is -1.40. The van der Waals surface area contributed by atoms with Crippen LogP contribution in [0.15, 0.2) is 95.9 Å². The second-order valence-corrected chi connectivity index (χ2v) is 13.9. The van der Waals surface area contributed by atoms with Gasteiger partial charge in [0.25, 0.3) is 5.91 Å². The fraction of sp³-hybridized carbons (Fsp3) is 0.382. The molecular weight excluding hydrogens is 562 g/mol. The summed E-state index contributed by atoms with van der Waals surface area (Å²) in [5.41, 5.74) is 7.55. The topological polar surface area (TPSA) is 138 Å². The minimum Gasteiger partial charge on any atom is -0.387 e. The van der Waals surface area contributed by atoms with Crippen LogP contribution in [0.3, 0.4) is 0 Å². The Morgan fingerprint density at radius 1 is 0.953 bits per heavy atom. The molecule has 4 atom stereocenters. The van der Waals surface area contributed by atoms with Crippen molar-refractivity contribution >= 4 is 21.7 Å². The van der Waals surface area contributed by atoms with Gasteiger partial charge in [0.05, 0.1) is 17.4 Å². The molecule has 3 N–H and O–H groups in total. The summed E-state index contributed by atoms with van der Waals surface area (Å²) in [6.45, 7) is 3.47. The van der Waals surface area contributed by atoms with Crippen LogP contribution in [-0.2, 0) is 19.4 Å². The van der Waals surface area contributed by atoms with Gasteiger partial charge in [0, 0.05) is 17.5 Å². The van der Waals surface area contributed by atoms with Gasteiger partial charge in [-0.25, -0.2) is 17.7 Å². The minimum absolute atomic E-state index is 0.0252. The molecule has 0 radical (unpaired) electrons. The SMILES string of the molecule is CC(C)C(C#N)(CCCCC(=O)[N@@+]1(C(c2ccccc2)c2ccccc2)C[C@@H](O)CC1C(N)=O)S(=O)(=O)c1ccccc1. The van der Waals surface area contributed by atoms with E-state index in [1.165, 1.54) is 12.1 Å². The fourth-order valence-corrected chi connectivity index (χ4v) is 8.79. The zero-order valence-electron chi connectivity index (χ0n) is 24.7. The van der Waals surface area contributed by atoms with Crippen molar-refractivity contribution in [1.29, 1.82) is 5.26 Å². The lowest BCUT2D eigenvalue weighted by molar-refractivity contribution is -0.884. The van der Waals surface area contributed by atoms with E-state index >= 15 is 0 Å². The van der Waals surface area contributed by atoms with E-state index in [2.05, 4.69) is 6.07 Å². The third-order valence-corrected chi connectivity index (χ3v) is 11.5. The zero-order chi connectivity index (χ0) is 31.3. The van der Waals surface area contributed by atoms with Crippen molar-refractivity contribution in [3.8, 4) is 6.07 Å². The number of rotatable bonds is 12. The second kappa shape index (κ2) is 13.2. The summed E-state index contributed by atoms with van der Waals surface area (Å²) in [7, 11) is -4.00. The molecule has 4 rings (SSSR count). The number of carbonyl (C=O) groups excluding carboxylic acids is 2. The number of hydrogen-bond donors (Lipinski definition) is 2. The molecule has 2 unspecified atom stereocenters. The third kappa shape index (κ3) is 6.00. The number of amides is 2. The van der Waals surface area contributed by atoms with Gasteiger partial charge < -0.3 is 10.8 Å². The highest BCUT2D eigenvalue weighted by Gasteiger charge is 2.59. The molecule has 3 aromatic carbocycles. The van der Waals surface area contributed by atoms with Crippen LogP contribution < -0.4 is 5.73 Å². The van der Waals surface area contributed by atoms with E-state index in [1.54, 1.807) is 32.0 Å².